The molecular formula is C15H19N3S. The maximum atomic E-state index is 5.88. The van der Waals surface area contributed by atoms with Gasteiger partial charge in [-0.25, -0.2) is 9.97 Å². The molecule has 0 amide bonds. The van der Waals surface area contributed by atoms with Crippen molar-refractivity contribution in [2.24, 2.45) is 0 Å². The SMILES string of the molecule is CCc1c(N)ncnc1Sc1ccc(C(C)C)cc1. The van der Waals surface area contributed by atoms with Crippen LogP contribution in [0.3, 0.4) is 0 Å². The standard InChI is InChI=1S/C15H19N3S/c1-4-13-14(16)17-9-18-15(13)19-12-7-5-11(6-8-12)10(2)3/h5-10H,4H2,1-3H3,(H2,16,17,18). The molecule has 4 heteroatoms. The number of anilines is 1. The fourth-order valence-corrected chi connectivity index (χ4v) is 2.83. The van der Waals surface area contributed by atoms with E-state index in [0.29, 0.717) is 11.7 Å². The molecule has 0 saturated carbocycles. The number of nitrogens with zero attached hydrogens (tertiary/aromatic N) is 2. The Morgan fingerprint density at radius 2 is 1.84 bits per heavy atom. The molecule has 0 atom stereocenters. The van der Waals surface area contributed by atoms with E-state index in [2.05, 4.69) is 55.0 Å². The first kappa shape index (κ1) is 13.9. The van der Waals surface area contributed by atoms with Crippen molar-refractivity contribution in [3.63, 3.8) is 0 Å². The van der Waals surface area contributed by atoms with Crippen LogP contribution >= 0.6 is 11.8 Å². The average molecular weight is 273 g/mol. The minimum atomic E-state index is 0.556. The van der Waals surface area contributed by atoms with Gasteiger partial charge in [-0.15, -0.1) is 0 Å². The first-order valence-electron chi connectivity index (χ1n) is 6.49. The zero-order valence-electron chi connectivity index (χ0n) is 11.6. The molecule has 2 rings (SSSR count). The molecule has 100 valence electrons. The first-order chi connectivity index (χ1) is 9.11. The quantitative estimate of drug-likeness (QED) is 0.858. The summed E-state index contributed by atoms with van der Waals surface area (Å²) in [6.07, 6.45) is 2.37. The molecule has 2 aromatic rings. The molecule has 0 saturated heterocycles. The van der Waals surface area contributed by atoms with Crippen LogP contribution in [0, 0.1) is 0 Å². The van der Waals surface area contributed by atoms with Crippen LogP contribution in [0.5, 0.6) is 0 Å². The molecule has 3 nitrogen and oxygen atoms in total. The van der Waals surface area contributed by atoms with Crippen molar-refractivity contribution in [2.45, 2.75) is 43.0 Å². The second-order valence-corrected chi connectivity index (χ2v) is 5.78. The molecule has 1 aromatic heterocycles. The third-order valence-corrected chi connectivity index (χ3v) is 4.11. The van der Waals surface area contributed by atoms with Crippen molar-refractivity contribution in [2.75, 3.05) is 5.73 Å². The minimum absolute atomic E-state index is 0.556. The molecule has 19 heavy (non-hydrogen) atoms. The average Bonchev–Trinajstić information content (AvgIpc) is 2.39. The summed E-state index contributed by atoms with van der Waals surface area (Å²) in [6, 6.07) is 8.61. The van der Waals surface area contributed by atoms with Gasteiger partial charge in [0.05, 0.1) is 0 Å². The van der Waals surface area contributed by atoms with Crippen LogP contribution in [0.25, 0.3) is 0 Å². The predicted octanol–water partition coefficient (Wildman–Crippen LogP) is 3.90. The lowest BCUT2D eigenvalue weighted by Gasteiger charge is -2.09. The van der Waals surface area contributed by atoms with Gasteiger partial charge in [0.25, 0.3) is 0 Å². The van der Waals surface area contributed by atoms with Crippen LogP contribution in [-0.4, -0.2) is 9.97 Å². The molecular weight excluding hydrogens is 254 g/mol. The number of hydrogen-bond donors (Lipinski definition) is 1. The molecule has 0 spiro atoms. The van der Waals surface area contributed by atoms with Gasteiger partial charge < -0.3 is 5.73 Å². The Morgan fingerprint density at radius 1 is 1.16 bits per heavy atom. The first-order valence-corrected chi connectivity index (χ1v) is 7.30. The molecule has 2 N–H and O–H groups in total. The summed E-state index contributed by atoms with van der Waals surface area (Å²) in [4.78, 5) is 9.56. The van der Waals surface area contributed by atoms with E-state index in [4.69, 9.17) is 5.73 Å². The molecule has 1 heterocycles. The number of benzene rings is 1. The van der Waals surface area contributed by atoms with Gasteiger partial charge in [-0.1, -0.05) is 44.7 Å². The van der Waals surface area contributed by atoms with E-state index in [1.165, 1.54) is 16.8 Å². The highest BCUT2D eigenvalue weighted by Crippen LogP contribution is 2.31. The van der Waals surface area contributed by atoms with E-state index in [9.17, 15) is 0 Å². The van der Waals surface area contributed by atoms with Gasteiger partial charge in [0, 0.05) is 10.5 Å². The van der Waals surface area contributed by atoms with E-state index in [-0.39, 0.29) is 0 Å². The predicted molar refractivity (Wildman–Crippen MR) is 80.5 cm³/mol. The summed E-state index contributed by atoms with van der Waals surface area (Å²) in [7, 11) is 0. The van der Waals surface area contributed by atoms with E-state index < -0.39 is 0 Å². The number of aromatic nitrogens is 2. The van der Waals surface area contributed by atoms with Crippen LogP contribution in [-0.2, 0) is 6.42 Å². The molecule has 0 fully saturated rings. The fourth-order valence-electron chi connectivity index (χ4n) is 1.86. The smallest absolute Gasteiger partial charge is 0.131 e. The molecule has 0 radical (unpaired) electrons. The number of rotatable bonds is 4. The van der Waals surface area contributed by atoms with Crippen molar-refractivity contribution >= 4 is 17.6 Å². The van der Waals surface area contributed by atoms with Gasteiger partial charge >= 0.3 is 0 Å². The Balaban J connectivity index is 2.24. The molecule has 0 aliphatic heterocycles. The zero-order chi connectivity index (χ0) is 13.8. The summed E-state index contributed by atoms with van der Waals surface area (Å²) in [6.45, 7) is 6.46. The van der Waals surface area contributed by atoms with E-state index >= 15 is 0 Å². The molecule has 0 unspecified atom stereocenters. The van der Waals surface area contributed by atoms with Crippen molar-refractivity contribution in [1.29, 1.82) is 0 Å². The van der Waals surface area contributed by atoms with Gasteiger partial charge in [0.2, 0.25) is 0 Å². The second-order valence-electron chi connectivity index (χ2n) is 4.72. The van der Waals surface area contributed by atoms with Gasteiger partial charge in [-0.2, -0.15) is 0 Å². The topological polar surface area (TPSA) is 51.8 Å². The molecule has 0 aliphatic carbocycles. The van der Waals surface area contributed by atoms with Crippen molar-refractivity contribution in [1.82, 2.24) is 9.97 Å². The highest BCUT2D eigenvalue weighted by molar-refractivity contribution is 7.99. The lowest BCUT2D eigenvalue weighted by Crippen LogP contribution is -2.00. The number of hydrogen-bond acceptors (Lipinski definition) is 4. The summed E-state index contributed by atoms with van der Waals surface area (Å²) in [5.74, 6) is 1.14. The summed E-state index contributed by atoms with van der Waals surface area (Å²) < 4.78 is 0. The van der Waals surface area contributed by atoms with Gasteiger partial charge in [0.1, 0.15) is 17.2 Å². The number of nitrogens with two attached hydrogens (primary N) is 1. The van der Waals surface area contributed by atoms with Gasteiger partial charge in [0.15, 0.2) is 0 Å². The lowest BCUT2D eigenvalue weighted by molar-refractivity contribution is 0.864. The fraction of sp³-hybridized carbons (Fsp3) is 0.333. The van der Waals surface area contributed by atoms with Crippen LogP contribution < -0.4 is 5.73 Å². The maximum absolute atomic E-state index is 5.88. The second kappa shape index (κ2) is 6.06. The highest BCUT2D eigenvalue weighted by atomic mass is 32.2. The lowest BCUT2D eigenvalue weighted by atomic mass is 10.0. The summed E-state index contributed by atoms with van der Waals surface area (Å²) >= 11 is 1.64. The monoisotopic (exact) mass is 273 g/mol. The van der Waals surface area contributed by atoms with E-state index in [1.54, 1.807) is 11.8 Å². The summed E-state index contributed by atoms with van der Waals surface area (Å²) in [5.41, 5.74) is 8.26. The van der Waals surface area contributed by atoms with Crippen molar-refractivity contribution in [3.05, 3.63) is 41.7 Å². The Labute approximate surface area is 118 Å². The van der Waals surface area contributed by atoms with Crippen molar-refractivity contribution in [3.8, 4) is 0 Å². The summed E-state index contributed by atoms with van der Waals surface area (Å²) in [5, 5.41) is 0.951. The van der Waals surface area contributed by atoms with Crippen molar-refractivity contribution < 1.29 is 0 Å². The molecule has 0 aliphatic rings. The molecule has 1 aromatic carbocycles. The van der Waals surface area contributed by atoms with E-state index in [0.717, 1.165) is 17.0 Å². The maximum Gasteiger partial charge on any atom is 0.131 e. The third kappa shape index (κ3) is 3.26. The third-order valence-electron chi connectivity index (χ3n) is 3.05. The zero-order valence-corrected chi connectivity index (χ0v) is 12.4. The van der Waals surface area contributed by atoms with Gasteiger partial charge in [-0.05, 0) is 30.0 Å². The Kier molecular flexibility index (Phi) is 4.43. The van der Waals surface area contributed by atoms with E-state index in [1.807, 2.05) is 0 Å². The highest BCUT2D eigenvalue weighted by Gasteiger charge is 2.09. The number of nitrogen functional groups attached to an aromatic ring is 1. The minimum Gasteiger partial charge on any atom is -0.383 e. The Morgan fingerprint density at radius 3 is 2.42 bits per heavy atom. The Hall–Kier alpha value is -1.55. The van der Waals surface area contributed by atoms with Crippen LogP contribution in [0.1, 0.15) is 37.8 Å². The molecule has 0 bridgehead atoms. The largest absolute Gasteiger partial charge is 0.383 e. The van der Waals surface area contributed by atoms with Gasteiger partial charge in [-0.3, -0.25) is 0 Å². The normalized spacial score (nSPS) is 10.9. The van der Waals surface area contributed by atoms with Crippen LogP contribution in [0.2, 0.25) is 0 Å². The van der Waals surface area contributed by atoms with Crippen LogP contribution in [0.15, 0.2) is 40.5 Å². The Bertz CT molecular complexity index is 550. The van der Waals surface area contributed by atoms with Crippen LogP contribution in [0.4, 0.5) is 5.82 Å².